The summed E-state index contributed by atoms with van der Waals surface area (Å²) in [6.07, 6.45) is 2.60. The van der Waals surface area contributed by atoms with E-state index in [0.717, 1.165) is 25.6 Å². The zero-order valence-corrected chi connectivity index (χ0v) is 13.5. The summed E-state index contributed by atoms with van der Waals surface area (Å²) in [5.41, 5.74) is 2.58. The number of aliphatic imine (C=N–C) groups is 1. The molecule has 4 nitrogen and oxygen atoms in total. The normalized spacial score (nSPS) is 19.8. The summed E-state index contributed by atoms with van der Waals surface area (Å²) < 4.78 is 0. The van der Waals surface area contributed by atoms with Crippen molar-refractivity contribution in [2.24, 2.45) is 4.99 Å². The largest absolute Gasteiger partial charge is 0.355 e. The van der Waals surface area contributed by atoms with Gasteiger partial charge in [-0.25, -0.2) is 0 Å². The van der Waals surface area contributed by atoms with Gasteiger partial charge in [-0.3, -0.25) is 9.89 Å². The number of benzene rings is 1. The fraction of sp³-hybridized carbons (Fsp3) is 0.588. The van der Waals surface area contributed by atoms with Gasteiger partial charge in [0.05, 0.1) is 0 Å². The second-order valence-corrected chi connectivity index (χ2v) is 5.72. The van der Waals surface area contributed by atoms with Crippen LogP contribution >= 0.6 is 0 Å². The lowest BCUT2D eigenvalue weighted by Crippen LogP contribution is -2.44. The van der Waals surface area contributed by atoms with Gasteiger partial charge in [-0.15, -0.1) is 0 Å². The average molecular weight is 288 g/mol. The van der Waals surface area contributed by atoms with Crippen LogP contribution in [0.3, 0.4) is 0 Å². The lowest BCUT2D eigenvalue weighted by molar-refractivity contribution is 0.267. The number of nitrogens with one attached hydrogen (secondary N) is 2. The minimum atomic E-state index is 0.646. The molecule has 116 valence electrons. The first-order chi connectivity index (χ1) is 10.2. The molecule has 1 aliphatic rings. The fourth-order valence-electron chi connectivity index (χ4n) is 2.99. The topological polar surface area (TPSA) is 39.7 Å². The number of hydrogen-bond donors (Lipinski definition) is 2. The Hall–Kier alpha value is -1.55. The zero-order chi connectivity index (χ0) is 15.1. The molecule has 1 aromatic carbocycles. The predicted molar refractivity (Wildman–Crippen MR) is 89.6 cm³/mol. The van der Waals surface area contributed by atoms with Crippen LogP contribution in [0.4, 0.5) is 0 Å². The van der Waals surface area contributed by atoms with Gasteiger partial charge in [0.2, 0.25) is 0 Å². The van der Waals surface area contributed by atoms with Gasteiger partial charge in [-0.05, 0) is 38.4 Å². The van der Waals surface area contributed by atoms with E-state index < -0.39 is 0 Å². The fourth-order valence-corrected chi connectivity index (χ4v) is 2.99. The average Bonchev–Trinajstić information content (AvgIpc) is 2.95. The second kappa shape index (κ2) is 8.03. The molecule has 1 aromatic rings. The van der Waals surface area contributed by atoms with Crippen LogP contribution in [0.1, 0.15) is 30.9 Å². The van der Waals surface area contributed by atoms with E-state index in [9.17, 15) is 0 Å². The summed E-state index contributed by atoms with van der Waals surface area (Å²) >= 11 is 0. The predicted octanol–water partition coefficient (Wildman–Crippen LogP) is 2.14. The van der Waals surface area contributed by atoms with E-state index in [2.05, 4.69) is 58.6 Å². The zero-order valence-electron chi connectivity index (χ0n) is 13.5. The van der Waals surface area contributed by atoms with Crippen molar-refractivity contribution in [3.63, 3.8) is 0 Å². The Kier molecular flexibility index (Phi) is 6.05. The molecule has 0 aliphatic carbocycles. The van der Waals surface area contributed by atoms with Gasteiger partial charge in [-0.2, -0.15) is 0 Å². The van der Waals surface area contributed by atoms with Crippen molar-refractivity contribution in [3.8, 4) is 0 Å². The van der Waals surface area contributed by atoms with E-state index in [-0.39, 0.29) is 0 Å². The molecule has 1 aliphatic heterocycles. The first-order valence-corrected chi connectivity index (χ1v) is 7.97. The first-order valence-electron chi connectivity index (χ1n) is 7.97. The Morgan fingerprint density at radius 1 is 1.38 bits per heavy atom. The highest BCUT2D eigenvalue weighted by Crippen LogP contribution is 2.15. The van der Waals surface area contributed by atoms with Crippen LogP contribution in [-0.2, 0) is 6.54 Å². The number of aryl methyl sites for hydroxylation is 1. The molecule has 1 fully saturated rings. The van der Waals surface area contributed by atoms with Crippen LogP contribution in [0.5, 0.6) is 0 Å². The van der Waals surface area contributed by atoms with Crippen molar-refractivity contribution in [1.29, 1.82) is 0 Å². The van der Waals surface area contributed by atoms with E-state index in [1.165, 1.54) is 30.5 Å². The van der Waals surface area contributed by atoms with Crippen molar-refractivity contribution in [2.75, 3.05) is 26.7 Å². The van der Waals surface area contributed by atoms with E-state index in [4.69, 9.17) is 0 Å². The first kappa shape index (κ1) is 15.8. The highest BCUT2D eigenvalue weighted by Gasteiger charge is 2.22. The van der Waals surface area contributed by atoms with Crippen molar-refractivity contribution in [1.82, 2.24) is 15.5 Å². The van der Waals surface area contributed by atoms with E-state index in [0.29, 0.717) is 6.04 Å². The van der Waals surface area contributed by atoms with Crippen LogP contribution in [0.15, 0.2) is 29.3 Å². The minimum Gasteiger partial charge on any atom is -0.355 e. The minimum absolute atomic E-state index is 0.646. The molecule has 1 atom stereocenters. The van der Waals surface area contributed by atoms with Gasteiger partial charge in [0.1, 0.15) is 0 Å². The van der Waals surface area contributed by atoms with Crippen LogP contribution in [0, 0.1) is 6.92 Å². The Bertz CT molecular complexity index is 470. The van der Waals surface area contributed by atoms with Gasteiger partial charge in [-0.1, -0.05) is 36.8 Å². The van der Waals surface area contributed by atoms with E-state index >= 15 is 0 Å². The van der Waals surface area contributed by atoms with Crippen molar-refractivity contribution in [2.45, 2.75) is 39.3 Å². The Morgan fingerprint density at radius 3 is 2.95 bits per heavy atom. The quantitative estimate of drug-likeness (QED) is 0.644. The highest BCUT2D eigenvalue weighted by atomic mass is 15.2. The monoisotopic (exact) mass is 288 g/mol. The number of guanidine groups is 1. The van der Waals surface area contributed by atoms with E-state index in [1.54, 1.807) is 0 Å². The number of likely N-dealkylation sites (N-methyl/N-ethyl adjacent to an activating group) is 1. The molecule has 0 saturated carbocycles. The molecular weight excluding hydrogens is 260 g/mol. The third kappa shape index (κ3) is 4.74. The maximum Gasteiger partial charge on any atom is 0.191 e. The second-order valence-electron chi connectivity index (χ2n) is 5.72. The summed E-state index contributed by atoms with van der Waals surface area (Å²) in [6.45, 7) is 8.52. The SMILES string of the molecule is CCN1CCCC1CNC(=NC)NCc1cccc(C)c1. The molecular formula is C17H28N4. The summed E-state index contributed by atoms with van der Waals surface area (Å²) in [5, 5.41) is 6.85. The lowest BCUT2D eigenvalue weighted by Gasteiger charge is -2.24. The standard InChI is InChI=1S/C17H28N4/c1-4-21-10-6-9-16(21)13-20-17(18-3)19-12-15-8-5-7-14(2)11-15/h5,7-8,11,16H,4,6,9-10,12-13H2,1-3H3,(H2,18,19,20). The molecule has 1 saturated heterocycles. The van der Waals surface area contributed by atoms with Gasteiger partial charge >= 0.3 is 0 Å². The van der Waals surface area contributed by atoms with Gasteiger partial charge < -0.3 is 10.6 Å². The van der Waals surface area contributed by atoms with Gasteiger partial charge in [0, 0.05) is 26.2 Å². The molecule has 0 spiro atoms. The van der Waals surface area contributed by atoms with Gasteiger partial charge in [0.25, 0.3) is 0 Å². The summed E-state index contributed by atoms with van der Waals surface area (Å²) in [6, 6.07) is 9.21. The van der Waals surface area contributed by atoms with Crippen LogP contribution in [0.25, 0.3) is 0 Å². The smallest absolute Gasteiger partial charge is 0.191 e. The van der Waals surface area contributed by atoms with Crippen LogP contribution < -0.4 is 10.6 Å². The third-order valence-corrected chi connectivity index (χ3v) is 4.18. The Morgan fingerprint density at radius 2 is 2.24 bits per heavy atom. The lowest BCUT2D eigenvalue weighted by atomic mass is 10.1. The van der Waals surface area contributed by atoms with Crippen LogP contribution in [0.2, 0.25) is 0 Å². The number of likely N-dealkylation sites (tertiary alicyclic amines) is 1. The summed E-state index contributed by atoms with van der Waals surface area (Å²) in [5.74, 6) is 0.888. The molecule has 21 heavy (non-hydrogen) atoms. The Balaban J connectivity index is 1.78. The van der Waals surface area contributed by atoms with Crippen molar-refractivity contribution in [3.05, 3.63) is 35.4 Å². The molecule has 1 heterocycles. The summed E-state index contributed by atoms with van der Waals surface area (Å²) in [4.78, 5) is 6.86. The van der Waals surface area contributed by atoms with Crippen molar-refractivity contribution < 1.29 is 0 Å². The number of rotatable bonds is 5. The molecule has 0 amide bonds. The van der Waals surface area contributed by atoms with E-state index in [1.807, 2.05) is 7.05 Å². The molecule has 0 bridgehead atoms. The Labute approximate surface area is 128 Å². The van der Waals surface area contributed by atoms with Crippen molar-refractivity contribution >= 4 is 5.96 Å². The summed E-state index contributed by atoms with van der Waals surface area (Å²) in [7, 11) is 1.83. The van der Waals surface area contributed by atoms with Gasteiger partial charge in [0.15, 0.2) is 5.96 Å². The third-order valence-electron chi connectivity index (χ3n) is 4.18. The number of nitrogens with zero attached hydrogens (tertiary/aromatic N) is 2. The molecule has 4 heteroatoms. The molecule has 2 rings (SSSR count). The molecule has 0 aromatic heterocycles. The number of hydrogen-bond acceptors (Lipinski definition) is 2. The molecule has 0 radical (unpaired) electrons. The maximum absolute atomic E-state index is 4.31. The highest BCUT2D eigenvalue weighted by molar-refractivity contribution is 5.79. The molecule has 1 unspecified atom stereocenters. The van der Waals surface area contributed by atoms with Crippen LogP contribution in [-0.4, -0.2) is 43.6 Å². The maximum atomic E-state index is 4.31. The molecule has 2 N–H and O–H groups in total.